The van der Waals surface area contributed by atoms with Gasteiger partial charge in [-0.05, 0) is 12.1 Å². The highest BCUT2D eigenvalue weighted by Gasteiger charge is 2.08. The molecule has 1 aromatic rings. The second kappa shape index (κ2) is 5.80. The molecule has 0 aliphatic heterocycles. The number of carbonyl (C=O) groups excluding carboxylic acids is 2. The van der Waals surface area contributed by atoms with Gasteiger partial charge in [0.25, 0.3) is 5.91 Å². The summed E-state index contributed by atoms with van der Waals surface area (Å²) in [6.07, 6.45) is 2.37. The second-order valence-electron chi connectivity index (χ2n) is 3.06. The van der Waals surface area contributed by atoms with E-state index < -0.39 is 17.8 Å². The number of carboxylic acid groups (broad SMARTS) is 1. The maximum atomic E-state index is 11.4. The van der Waals surface area contributed by atoms with Crippen molar-refractivity contribution in [3.63, 3.8) is 0 Å². The van der Waals surface area contributed by atoms with Crippen molar-refractivity contribution in [2.24, 2.45) is 5.73 Å². The minimum absolute atomic E-state index is 0.227. The van der Waals surface area contributed by atoms with Crippen LogP contribution in [0.2, 0.25) is 0 Å². The van der Waals surface area contributed by atoms with Crippen LogP contribution in [0.4, 0.5) is 0 Å². The zero-order valence-electron chi connectivity index (χ0n) is 8.67. The van der Waals surface area contributed by atoms with Crippen molar-refractivity contribution in [1.29, 1.82) is 0 Å². The number of hydrogen-bond acceptors (Lipinski definition) is 4. The summed E-state index contributed by atoms with van der Waals surface area (Å²) in [4.78, 5) is 32.8. The van der Waals surface area contributed by atoms with Crippen molar-refractivity contribution in [3.8, 4) is 0 Å². The Labute approximate surface area is 101 Å². The molecule has 1 heterocycles. The van der Waals surface area contributed by atoms with Crippen LogP contribution in [0.3, 0.4) is 0 Å². The van der Waals surface area contributed by atoms with E-state index in [9.17, 15) is 14.4 Å². The molecule has 0 radical (unpaired) electrons. The van der Waals surface area contributed by atoms with Crippen molar-refractivity contribution < 1.29 is 19.5 Å². The Bertz CT molecular complexity index is 478. The van der Waals surface area contributed by atoms with Gasteiger partial charge in [-0.15, -0.1) is 11.3 Å². The summed E-state index contributed by atoms with van der Waals surface area (Å²) in [7, 11) is 0. The molecule has 0 atom stereocenters. The first-order valence-electron chi connectivity index (χ1n) is 4.55. The molecule has 0 spiro atoms. The van der Waals surface area contributed by atoms with E-state index in [4.69, 9.17) is 10.8 Å². The standard InChI is InChI=1S/C10H10N2O4S/c11-8(13)4-12-10(16)6-3-7(17-5-6)1-2-9(14)15/h1-3,5H,4H2,(H2,11,13)(H,12,16)(H,14,15). The number of amides is 2. The molecule has 0 fully saturated rings. The second-order valence-corrected chi connectivity index (χ2v) is 4.00. The minimum Gasteiger partial charge on any atom is -0.478 e. The first-order chi connectivity index (χ1) is 7.99. The van der Waals surface area contributed by atoms with E-state index in [1.54, 1.807) is 5.38 Å². The molecule has 1 rings (SSSR count). The molecule has 0 aliphatic carbocycles. The molecule has 2 amide bonds. The van der Waals surface area contributed by atoms with Gasteiger partial charge >= 0.3 is 5.97 Å². The third-order valence-electron chi connectivity index (χ3n) is 1.70. The van der Waals surface area contributed by atoms with E-state index in [1.807, 2.05) is 0 Å². The average Bonchev–Trinajstić information content (AvgIpc) is 2.71. The molecule has 17 heavy (non-hydrogen) atoms. The van der Waals surface area contributed by atoms with E-state index in [0.29, 0.717) is 10.4 Å². The fraction of sp³-hybridized carbons (Fsp3) is 0.100. The SMILES string of the molecule is NC(=O)CNC(=O)c1csc(C=CC(=O)O)c1. The van der Waals surface area contributed by atoms with Gasteiger partial charge in [0.2, 0.25) is 5.91 Å². The molecule has 0 saturated heterocycles. The molecular weight excluding hydrogens is 244 g/mol. The smallest absolute Gasteiger partial charge is 0.328 e. The lowest BCUT2D eigenvalue weighted by Crippen LogP contribution is -2.33. The third kappa shape index (κ3) is 4.47. The summed E-state index contributed by atoms with van der Waals surface area (Å²) in [5.41, 5.74) is 5.24. The van der Waals surface area contributed by atoms with Crippen molar-refractivity contribution in [1.82, 2.24) is 5.32 Å². The number of hydrogen-bond donors (Lipinski definition) is 3. The number of nitrogens with two attached hydrogens (primary N) is 1. The Morgan fingerprint density at radius 1 is 1.47 bits per heavy atom. The Morgan fingerprint density at radius 2 is 2.18 bits per heavy atom. The number of nitrogens with one attached hydrogen (secondary N) is 1. The Morgan fingerprint density at radius 3 is 2.76 bits per heavy atom. The Kier molecular flexibility index (Phi) is 4.41. The molecule has 0 saturated carbocycles. The average molecular weight is 254 g/mol. The number of carboxylic acids is 1. The van der Waals surface area contributed by atoms with Gasteiger partial charge in [-0.1, -0.05) is 0 Å². The van der Waals surface area contributed by atoms with Crippen LogP contribution < -0.4 is 11.1 Å². The van der Waals surface area contributed by atoms with E-state index in [-0.39, 0.29) is 6.54 Å². The van der Waals surface area contributed by atoms with Gasteiger partial charge in [0.1, 0.15) is 0 Å². The molecule has 4 N–H and O–H groups in total. The van der Waals surface area contributed by atoms with Gasteiger partial charge < -0.3 is 16.2 Å². The quantitative estimate of drug-likeness (QED) is 0.645. The van der Waals surface area contributed by atoms with Crippen molar-refractivity contribution in [2.75, 3.05) is 6.54 Å². The molecule has 0 aromatic carbocycles. The molecule has 90 valence electrons. The number of aliphatic carboxylic acids is 1. The number of rotatable bonds is 5. The maximum Gasteiger partial charge on any atom is 0.328 e. The van der Waals surface area contributed by atoms with Crippen LogP contribution in [-0.2, 0) is 9.59 Å². The summed E-state index contributed by atoms with van der Waals surface area (Å²) >= 11 is 1.23. The highest BCUT2D eigenvalue weighted by Crippen LogP contribution is 2.16. The van der Waals surface area contributed by atoms with Gasteiger partial charge in [0, 0.05) is 16.3 Å². The van der Waals surface area contributed by atoms with E-state index in [0.717, 1.165) is 6.08 Å². The molecule has 0 bridgehead atoms. The van der Waals surface area contributed by atoms with Crippen LogP contribution in [0.25, 0.3) is 6.08 Å². The monoisotopic (exact) mass is 254 g/mol. The van der Waals surface area contributed by atoms with Gasteiger partial charge in [-0.3, -0.25) is 9.59 Å². The minimum atomic E-state index is -1.06. The van der Waals surface area contributed by atoms with E-state index >= 15 is 0 Å². The zero-order chi connectivity index (χ0) is 12.8. The van der Waals surface area contributed by atoms with E-state index in [1.165, 1.54) is 23.5 Å². The topological polar surface area (TPSA) is 109 Å². The van der Waals surface area contributed by atoms with Gasteiger partial charge in [0.05, 0.1) is 12.1 Å². The van der Waals surface area contributed by atoms with Crippen molar-refractivity contribution >= 4 is 35.2 Å². The highest BCUT2D eigenvalue weighted by atomic mass is 32.1. The lowest BCUT2D eigenvalue weighted by molar-refractivity contribution is -0.131. The Balaban J connectivity index is 2.64. The molecule has 1 aromatic heterocycles. The van der Waals surface area contributed by atoms with Crippen LogP contribution >= 0.6 is 11.3 Å². The van der Waals surface area contributed by atoms with E-state index in [2.05, 4.69) is 5.32 Å². The zero-order valence-corrected chi connectivity index (χ0v) is 9.49. The lowest BCUT2D eigenvalue weighted by atomic mass is 10.3. The largest absolute Gasteiger partial charge is 0.478 e. The summed E-state index contributed by atoms with van der Waals surface area (Å²) in [6.45, 7) is -0.227. The number of carbonyl (C=O) groups is 3. The fourth-order valence-electron chi connectivity index (χ4n) is 0.982. The molecule has 0 aliphatic rings. The van der Waals surface area contributed by atoms with Gasteiger partial charge in [-0.2, -0.15) is 0 Å². The van der Waals surface area contributed by atoms with Crippen LogP contribution in [0.1, 0.15) is 15.2 Å². The highest BCUT2D eigenvalue weighted by molar-refractivity contribution is 7.11. The summed E-state index contributed by atoms with van der Waals surface area (Å²) < 4.78 is 0. The third-order valence-corrected chi connectivity index (χ3v) is 2.59. The van der Waals surface area contributed by atoms with Crippen molar-refractivity contribution in [3.05, 3.63) is 28.0 Å². The van der Waals surface area contributed by atoms with Crippen LogP contribution in [0.5, 0.6) is 0 Å². The lowest BCUT2D eigenvalue weighted by Gasteiger charge is -1.98. The summed E-state index contributed by atoms with van der Waals surface area (Å²) in [5, 5.41) is 12.3. The summed E-state index contributed by atoms with van der Waals surface area (Å²) in [5.74, 6) is -2.10. The number of primary amides is 1. The predicted molar refractivity (Wildman–Crippen MR) is 62.5 cm³/mol. The van der Waals surface area contributed by atoms with Crippen molar-refractivity contribution in [2.45, 2.75) is 0 Å². The van der Waals surface area contributed by atoms with Crippen LogP contribution in [0, 0.1) is 0 Å². The first kappa shape index (κ1) is 12.9. The predicted octanol–water partition coefficient (Wildman–Crippen LogP) is 0.0610. The molecule has 7 heteroatoms. The Hall–Kier alpha value is -2.15. The first-order valence-corrected chi connectivity index (χ1v) is 5.43. The van der Waals surface area contributed by atoms with Crippen LogP contribution in [0.15, 0.2) is 17.5 Å². The fourth-order valence-corrected chi connectivity index (χ4v) is 1.76. The molecule has 6 nitrogen and oxygen atoms in total. The molecule has 0 unspecified atom stereocenters. The normalized spacial score (nSPS) is 10.4. The van der Waals surface area contributed by atoms with Gasteiger partial charge in [-0.25, -0.2) is 4.79 Å². The summed E-state index contributed by atoms with van der Waals surface area (Å²) in [6, 6.07) is 1.53. The number of thiophene rings is 1. The van der Waals surface area contributed by atoms with Crippen LogP contribution in [-0.4, -0.2) is 29.4 Å². The van der Waals surface area contributed by atoms with Gasteiger partial charge in [0.15, 0.2) is 0 Å². The maximum absolute atomic E-state index is 11.4. The molecular formula is C10H10N2O4S.